The van der Waals surface area contributed by atoms with Crippen molar-refractivity contribution in [3.63, 3.8) is 0 Å². The molecule has 0 unspecified atom stereocenters. The summed E-state index contributed by atoms with van der Waals surface area (Å²) < 4.78 is 5.21. The molecular weight excluding hydrogens is 470 g/mol. The fourth-order valence-electron chi connectivity index (χ4n) is 5.09. The van der Waals surface area contributed by atoms with Crippen LogP contribution in [0.3, 0.4) is 0 Å². The first kappa shape index (κ1) is 26.5. The summed E-state index contributed by atoms with van der Waals surface area (Å²) in [7, 11) is 3.35. The SMILES string of the molecule is COc1ccc(CNC(=O)N2[C@H]3CN(CCc4ccccc4)C(=O)[C@H](CC(C)C)N3C(=O)CN2C)cc1. The first-order valence-corrected chi connectivity index (χ1v) is 12.8. The fourth-order valence-corrected chi connectivity index (χ4v) is 5.09. The number of hydrogen-bond donors (Lipinski definition) is 1. The average molecular weight is 508 g/mol. The lowest BCUT2D eigenvalue weighted by Gasteiger charge is -2.54. The van der Waals surface area contributed by atoms with Gasteiger partial charge in [0.25, 0.3) is 0 Å². The van der Waals surface area contributed by atoms with Crippen molar-refractivity contribution in [1.82, 2.24) is 25.1 Å². The molecule has 0 bridgehead atoms. The second-order valence-corrected chi connectivity index (χ2v) is 10.1. The third-order valence-corrected chi connectivity index (χ3v) is 6.96. The van der Waals surface area contributed by atoms with Crippen molar-refractivity contribution >= 4 is 17.8 Å². The van der Waals surface area contributed by atoms with Gasteiger partial charge >= 0.3 is 6.03 Å². The summed E-state index contributed by atoms with van der Waals surface area (Å²) in [5, 5.41) is 6.24. The molecule has 9 heteroatoms. The van der Waals surface area contributed by atoms with Crippen LogP contribution in [-0.4, -0.2) is 83.7 Å². The first-order chi connectivity index (χ1) is 17.8. The van der Waals surface area contributed by atoms with Crippen molar-refractivity contribution in [1.29, 1.82) is 0 Å². The minimum atomic E-state index is -0.590. The molecule has 2 aliphatic rings. The van der Waals surface area contributed by atoms with Crippen molar-refractivity contribution in [2.75, 3.05) is 33.8 Å². The van der Waals surface area contributed by atoms with E-state index in [0.29, 0.717) is 25.9 Å². The zero-order chi connectivity index (χ0) is 26.5. The van der Waals surface area contributed by atoms with Crippen molar-refractivity contribution in [3.8, 4) is 5.75 Å². The summed E-state index contributed by atoms with van der Waals surface area (Å²) >= 11 is 0. The molecule has 2 aromatic carbocycles. The summed E-state index contributed by atoms with van der Waals surface area (Å²) in [6.45, 7) is 5.27. The number of hydrazine groups is 1. The Kier molecular flexibility index (Phi) is 8.33. The number of carbonyl (C=O) groups is 3. The van der Waals surface area contributed by atoms with Gasteiger partial charge in [-0.1, -0.05) is 56.3 Å². The molecule has 2 heterocycles. The highest BCUT2D eigenvalue weighted by atomic mass is 16.5. The number of nitrogens with one attached hydrogen (secondary N) is 1. The van der Waals surface area contributed by atoms with E-state index in [9.17, 15) is 14.4 Å². The summed E-state index contributed by atoms with van der Waals surface area (Å²) in [6, 6.07) is 16.6. The third-order valence-electron chi connectivity index (χ3n) is 6.96. The Morgan fingerprint density at radius 2 is 1.76 bits per heavy atom. The molecule has 2 saturated heterocycles. The van der Waals surface area contributed by atoms with Crippen LogP contribution in [0.5, 0.6) is 5.75 Å². The van der Waals surface area contributed by atoms with Crippen LogP contribution in [0.15, 0.2) is 54.6 Å². The Morgan fingerprint density at radius 3 is 2.41 bits per heavy atom. The Labute approximate surface area is 218 Å². The van der Waals surface area contributed by atoms with Gasteiger partial charge in [0, 0.05) is 20.1 Å². The van der Waals surface area contributed by atoms with Gasteiger partial charge in [-0.2, -0.15) is 0 Å². The minimum Gasteiger partial charge on any atom is -0.497 e. The number of amides is 4. The third kappa shape index (κ3) is 6.05. The standard InChI is InChI=1S/C28H37N5O4/c1-20(2)16-24-27(35)31(15-14-21-8-6-5-7-9-21)18-25-32(24)26(34)19-30(3)33(25)28(36)29-17-22-10-12-23(37-4)13-11-22/h5-13,20,24-25H,14-19H2,1-4H3,(H,29,36)/t24-,25-/m0/s1. The van der Waals surface area contributed by atoms with Crippen molar-refractivity contribution in [2.24, 2.45) is 5.92 Å². The van der Waals surface area contributed by atoms with Crippen LogP contribution in [0, 0.1) is 5.92 Å². The zero-order valence-corrected chi connectivity index (χ0v) is 22.1. The molecule has 2 atom stereocenters. The molecule has 198 valence electrons. The van der Waals surface area contributed by atoms with E-state index in [4.69, 9.17) is 4.74 Å². The number of carbonyl (C=O) groups excluding carboxylic acids is 3. The van der Waals surface area contributed by atoms with Crippen LogP contribution in [-0.2, 0) is 22.6 Å². The second kappa shape index (κ2) is 11.6. The lowest BCUT2D eigenvalue weighted by Crippen LogP contribution is -2.76. The van der Waals surface area contributed by atoms with Crippen LogP contribution in [0.1, 0.15) is 31.4 Å². The van der Waals surface area contributed by atoms with Gasteiger partial charge < -0.3 is 19.9 Å². The van der Waals surface area contributed by atoms with Crippen LogP contribution in [0.2, 0.25) is 0 Å². The second-order valence-electron chi connectivity index (χ2n) is 10.1. The van der Waals surface area contributed by atoms with Gasteiger partial charge in [-0.15, -0.1) is 0 Å². The Hall–Kier alpha value is -3.59. The molecule has 2 fully saturated rings. The number of urea groups is 1. The summed E-state index contributed by atoms with van der Waals surface area (Å²) in [6.07, 6.45) is 0.689. The maximum atomic E-state index is 13.6. The van der Waals surface area contributed by atoms with Crippen molar-refractivity contribution in [3.05, 3.63) is 65.7 Å². The quantitative estimate of drug-likeness (QED) is 0.594. The molecule has 4 amide bonds. The molecule has 2 aromatic rings. The summed E-state index contributed by atoms with van der Waals surface area (Å²) in [5.41, 5.74) is 2.08. The number of nitrogens with zero attached hydrogens (tertiary/aromatic N) is 4. The molecular formula is C28H37N5O4. The van der Waals surface area contributed by atoms with Gasteiger partial charge in [-0.3, -0.25) is 9.59 Å². The molecule has 1 N–H and O–H groups in total. The smallest absolute Gasteiger partial charge is 0.334 e. The average Bonchev–Trinajstić information content (AvgIpc) is 2.88. The van der Waals surface area contributed by atoms with Gasteiger partial charge in [0.2, 0.25) is 11.8 Å². The predicted octanol–water partition coefficient (Wildman–Crippen LogP) is 2.72. The number of likely N-dealkylation sites (N-methyl/N-ethyl adjacent to an activating group) is 1. The molecule has 0 saturated carbocycles. The zero-order valence-electron chi connectivity index (χ0n) is 22.1. The first-order valence-electron chi connectivity index (χ1n) is 12.8. The van der Waals surface area contributed by atoms with Crippen LogP contribution in [0.25, 0.3) is 0 Å². The monoisotopic (exact) mass is 507 g/mol. The molecule has 0 aliphatic carbocycles. The highest BCUT2D eigenvalue weighted by molar-refractivity contribution is 5.91. The lowest BCUT2D eigenvalue weighted by atomic mass is 9.96. The normalized spacial score (nSPS) is 20.3. The lowest BCUT2D eigenvalue weighted by molar-refractivity contribution is -0.187. The fraction of sp³-hybridized carbons (Fsp3) is 0.464. The van der Waals surface area contributed by atoms with E-state index in [1.54, 1.807) is 29.1 Å². The van der Waals surface area contributed by atoms with Crippen molar-refractivity contribution in [2.45, 2.75) is 45.4 Å². The van der Waals surface area contributed by atoms with E-state index >= 15 is 0 Å². The molecule has 4 rings (SSSR count). The van der Waals surface area contributed by atoms with Crippen molar-refractivity contribution < 1.29 is 19.1 Å². The van der Waals surface area contributed by atoms with Gasteiger partial charge in [-0.25, -0.2) is 14.8 Å². The van der Waals surface area contributed by atoms with Gasteiger partial charge in [0.05, 0.1) is 20.2 Å². The maximum Gasteiger partial charge on any atom is 0.334 e. The number of fused-ring (bicyclic) bond motifs is 1. The Bertz CT molecular complexity index is 1090. The van der Waals surface area contributed by atoms with Gasteiger partial charge in [0.1, 0.15) is 18.0 Å². The van der Waals surface area contributed by atoms with E-state index in [1.165, 1.54) is 0 Å². The number of rotatable bonds is 8. The van der Waals surface area contributed by atoms with Crippen LogP contribution < -0.4 is 10.1 Å². The number of piperazine rings is 1. The van der Waals surface area contributed by atoms with E-state index in [2.05, 4.69) is 5.32 Å². The van der Waals surface area contributed by atoms with E-state index < -0.39 is 12.2 Å². The largest absolute Gasteiger partial charge is 0.497 e. The number of benzene rings is 2. The Balaban J connectivity index is 1.54. The highest BCUT2D eigenvalue weighted by Gasteiger charge is 2.50. The molecule has 0 spiro atoms. The topological polar surface area (TPSA) is 85.4 Å². The summed E-state index contributed by atoms with van der Waals surface area (Å²) in [5.74, 6) is 0.790. The van der Waals surface area contributed by atoms with Gasteiger partial charge in [-0.05, 0) is 42.0 Å². The molecule has 37 heavy (non-hydrogen) atoms. The number of methoxy groups -OCH3 is 1. The van der Waals surface area contributed by atoms with Crippen LogP contribution >= 0.6 is 0 Å². The maximum absolute atomic E-state index is 13.6. The Morgan fingerprint density at radius 1 is 1.05 bits per heavy atom. The predicted molar refractivity (Wildman–Crippen MR) is 140 cm³/mol. The molecule has 0 aromatic heterocycles. The number of hydrogen-bond acceptors (Lipinski definition) is 5. The summed E-state index contributed by atoms with van der Waals surface area (Å²) in [4.78, 5) is 43.7. The van der Waals surface area contributed by atoms with Crippen LogP contribution in [0.4, 0.5) is 4.79 Å². The van der Waals surface area contributed by atoms with E-state index in [1.807, 2.05) is 73.3 Å². The molecule has 2 aliphatic heterocycles. The molecule has 0 radical (unpaired) electrons. The van der Waals surface area contributed by atoms with Gasteiger partial charge in [0.15, 0.2) is 0 Å². The highest BCUT2D eigenvalue weighted by Crippen LogP contribution is 2.29. The number of ether oxygens (including phenoxy) is 1. The van der Waals surface area contributed by atoms with E-state index in [-0.39, 0.29) is 36.9 Å². The van der Waals surface area contributed by atoms with E-state index in [0.717, 1.165) is 16.9 Å². The molecule has 9 nitrogen and oxygen atoms in total. The minimum absolute atomic E-state index is 0.0400.